The fourth-order valence-corrected chi connectivity index (χ4v) is 2.54. The Morgan fingerprint density at radius 2 is 1.89 bits per heavy atom. The third-order valence-electron chi connectivity index (χ3n) is 2.49. The largest absolute Gasteiger partial charge is 0.384 e. The number of thioether (sulfide) groups is 1. The molecule has 0 unspecified atom stereocenters. The number of amidine groups is 1. The quantitative estimate of drug-likeness (QED) is 0.507. The van der Waals surface area contributed by atoms with Gasteiger partial charge in [0.2, 0.25) is 0 Å². The Labute approximate surface area is 120 Å². The standard InChI is InChI=1S/C14H12ClFN2S/c15-11-1-3-13(4-2-11)19-8-9-5-10(14(17)18)7-12(16)6-9/h1-7H,8H2,(H3,17,18). The molecule has 0 saturated carbocycles. The van der Waals surface area contributed by atoms with Gasteiger partial charge >= 0.3 is 0 Å². The average molecular weight is 295 g/mol. The summed E-state index contributed by atoms with van der Waals surface area (Å²) in [6.45, 7) is 0. The highest BCUT2D eigenvalue weighted by Crippen LogP contribution is 2.25. The Morgan fingerprint density at radius 1 is 1.21 bits per heavy atom. The third kappa shape index (κ3) is 3.98. The molecular formula is C14H12ClFN2S. The first-order valence-electron chi connectivity index (χ1n) is 5.57. The second kappa shape index (κ2) is 6.08. The van der Waals surface area contributed by atoms with Crippen molar-refractivity contribution in [2.45, 2.75) is 10.6 Å². The summed E-state index contributed by atoms with van der Waals surface area (Å²) >= 11 is 7.38. The van der Waals surface area contributed by atoms with Crippen LogP contribution in [0.15, 0.2) is 47.4 Å². The van der Waals surface area contributed by atoms with E-state index in [2.05, 4.69) is 0 Å². The first kappa shape index (κ1) is 13.9. The molecule has 0 saturated heterocycles. The SMILES string of the molecule is N=C(N)c1cc(F)cc(CSc2ccc(Cl)cc2)c1. The van der Waals surface area contributed by atoms with Gasteiger partial charge in [-0.05, 0) is 48.0 Å². The minimum absolute atomic E-state index is 0.128. The van der Waals surface area contributed by atoms with E-state index >= 15 is 0 Å². The molecule has 2 rings (SSSR count). The van der Waals surface area contributed by atoms with E-state index in [1.165, 1.54) is 12.1 Å². The van der Waals surface area contributed by atoms with Gasteiger partial charge in [-0.15, -0.1) is 11.8 Å². The van der Waals surface area contributed by atoms with Gasteiger partial charge in [-0.25, -0.2) is 4.39 Å². The van der Waals surface area contributed by atoms with Crippen molar-refractivity contribution in [2.75, 3.05) is 0 Å². The lowest BCUT2D eigenvalue weighted by Gasteiger charge is -2.05. The number of nitrogens with two attached hydrogens (primary N) is 1. The Bertz CT molecular complexity index is 599. The average Bonchev–Trinajstić information content (AvgIpc) is 2.37. The van der Waals surface area contributed by atoms with E-state index in [4.69, 9.17) is 22.7 Å². The van der Waals surface area contributed by atoms with Gasteiger partial charge in [0.05, 0.1) is 0 Å². The summed E-state index contributed by atoms with van der Waals surface area (Å²) in [7, 11) is 0. The van der Waals surface area contributed by atoms with Gasteiger partial charge in [0, 0.05) is 21.2 Å². The second-order valence-electron chi connectivity index (χ2n) is 4.00. The molecule has 5 heteroatoms. The van der Waals surface area contributed by atoms with Gasteiger partial charge in [0.25, 0.3) is 0 Å². The van der Waals surface area contributed by atoms with Crippen molar-refractivity contribution in [3.05, 3.63) is 64.4 Å². The number of nitrogen functional groups attached to an aromatic ring is 1. The molecule has 98 valence electrons. The van der Waals surface area contributed by atoms with Crippen LogP contribution in [0.2, 0.25) is 5.02 Å². The first-order valence-corrected chi connectivity index (χ1v) is 6.93. The summed E-state index contributed by atoms with van der Waals surface area (Å²) in [5, 5.41) is 8.03. The zero-order valence-corrected chi connectivity index (χ0v) is 11.6. The van der Waals surface area contributed by atoms with Crippen molar-refractivity contribution >= 4 is 29.2 Å². The zero-order chi connectivity index (χ0) is 13.8. The van der Waals surface area contributed by atoms with Crippen LogP contribution >= 0.6 is 23.4 Å². The fourth-order valence-electron chi connectivity index (χ4n) is 1.59. The van der Waals surface area contributed by atoms with E-state index in [0.717, 1.165) is 10.5 Å². The molecule has 2 nitrogen and oxygen atoms in total. The number of nitrogens with one attached hydrogen (secondary N) is 1. The van der Waals surface area contributed by atoms with Crippen LogP contribution in [0.4, 0.5) is 4.39 Å². The zero-order valence-electron chi connectivity index (χ0n) is 9.99. The van der Waals surface area contributed by atoms with E-state index in [1.807, 2.05) is 24.3 Å². The highest BCUT2D eigenvalue weighted by molar-refractivity contribution is 7.98. The van der Waals surface area contributed by atoms with Crippen LogP contribution in [-0.2, 0) is 5.75 Å². The predicted molar refractivity (Wildman–Crippen MR) is 78.4 cm³/mol. The molecule has 2 aromatic rings. The van der Waals surface area contributed by atoms with Crippen molar-refractivity contribution in [3.63, 3.8) is 0 Å². The van der Waals surface area contributed by atoms with Gasteiger partial charge in [0.15, 0.2) is 0 Å². The predicted octanol–water partition coefficient (Wildman–Crippen LogP) is 4.06. The minimum atomic E-state index is -0.376. The lowest BCUT2D eigenvalue weighted by Crippen LogP contribution is -2.11. The van der Waals surface area contributed by atoms with Crippen molar-refractivity contribution in [3.8, 4) is 0 Å². The maximum absolute atomic E-state index is 13.4. The monoisotopic (exact) mass is 294 g/mol. The fraction of sp³-hybridized carbons (Fsp3) is 0.0714. The molecular weight excluding hydrogens is 283 g/mol. The van der Waals surface area contributed by atoms with E-state index in [1.54, 1.807) is 17.8 Å². The van der Waals surface area contributed by atoms with Crippen molar-refractivity contribution in [2.24, 2.45) is 5.73 Å². The molecule has 0 amide bonds. The van der Waals surface area contributed by atoms with E-state index in [-0.39, 0.29) is 11.7 Å². The normalized spacial score (nSPS) is 10.4. The molecule has 3 N–H and O–H groups in total. The molecule has 0 heterocycles. The molecule has 0 aliphatic carbocycles. The maximum Gasteiger partial charge on any atom is 0.124 e. The van der Waals surface area contributed by atoms with Crippen LogP contribution in [-0.4, -0.2) is 5.84 Å². The molecule has 0 spiro atoms. The van der Waals surface area contributed by atoms with E-state index in [9.17, 15) is 4.39 Å². The van der Waals surface area contributed by atoms with Crippen LogP contribution in [0.1, 0.15) is 11.1 Å². The smallest absolute Gasteiger partial charge is 0.124 e. The summed E-state index contributed by atoms with van der Waals surface area (Å²) in [6.07, 6.45) is 0. The van der Waals surface area contributed by atoms with Crippen molar-refractivity contribution in [1.82, 2.24) is 0 Å². The molecule has 0 bridgehead atoms. The Morgan fingerprint density at radius 3 is 2.53 bits per heavy atom. The lowest BCUT2D eigenvalue weighted by molar-refractivity contribution is 0.626. The topological polar surface area (TPSA) is 49.9 Å². The molecule has 2 aromatic carbocycles. The molecule has 0 aromatic heterocycles. The number of halogens is 2. The summed E-state index contributed by atoms with van der Waals surface area (Å²) in [6, 6.07) is 11.9. The van der Waals surface area contributed by atoms with Crippen molar-refractivity contribution in [1.29, 1.82) is 5.41 Å². The van der Waals surface area contributed by atoms with Gasteiger partial charge in [0.1, 0.15) is 11.7 Å². The van der Waals surface area contributed by atoms with Gasteiger partial charge in [-0.3, -0.25) is 5.41 Å². The summed E-state index contributed by atoms with van der Waals surface area (Å²) in [5.74, 6) is 0.108. The number of benzene rings is 2. The van der Waals surface area contributed by atoms with Gasteiger partial charge < -0.3 is 5.73 Å². The summed E-state index contributed by atoms with van der Waals surface area (Å²) in [4.78, 5) is 1.05. The van der Waals surface area contributed by atoms with Gasteiger partial charge in [-0.2, -0.15) is 0 Å². The molecule has 19 heavy (non-hydrogen) atoms. The van der Waals surface area contributed by atoms with Crippen molar-refractivity contribution < 1.29 is 4.39 Å². The van der Waals surface area contributed by atoms with Crippen LogP contribution < -0.4 is 5.73 Å². The van der Waals surface area contributed by atoms with Crippen LogP contribution in [0.3, 0.4) is 0 Å². The van der Waals surface area contributed by atoms with Crippen LogP contribution in [0.5, 0.6) is 0 Å². The lowest BCUT2D eigenvalue weighted by atomic mass is 10.1. The number of rotatable bonds is 4. The van der Waals surface area contributed by atoms with E-state index in [0.29, 0.717) is 16.3 Å². The van der Waals surface area contributed by atoms with Gasteiger partial charge in [-0.1, -0.05) is 11.6 Å². The molecule has 0 radical (unpaired) electrons. The van der Waals surface area contributed by atoms with Crippen LogP contribution in [0, 0.1) is 11.2 Å². The summed E-state index contributed by atoms with van der Waals surface area (Å²) < 4.78 is 13.4. The molecule has 0 aliphatic heterocycles. The molecule has 0 aliphatic rings. The Balaban J connectivity index is 2.11. The second-order valence-corrected chi connectivity index (χ2v) is 5.49. The summed E-state index contributed by atoms with van der Waals surface area (Å²) in [5.41, 5.74) is 6.58. The molecule has 0 atom stereocenters. The maximum atomic E-state index is 13.4. The Kier molecular flexibility index (Phi) is 4.45. The third-order valence-corrected chi connectivity index (χ3v) is 3.82. The highest BCUT2D eigenvalue weighted by Gasteiger charge is 2.04. The number of hydrogen-bond donors (Lipinski definition) is 2. The Hall–Kier alpha value is -1.52. The molecule has 0 fully saturated rings. The van der Waals surface area contributed by atoms with Crippen LogP contribution in [0.25, 0.3) is 0 Å². The highest BCUT2D eigenvalue weighted by atomic mass is 35.5. The minimum Gasteiger partial charge on any atom is -0.384 e. The number of hydrogen-bond acceptors (Lipinski definition) is 2. The first-order chi connectivity index (χ1) is 9.04. The van der Waals surface area contributed by atoms with E-state index < -0.39 is 0 Å².